The van der Waals surface area contributed by atoms with Crippen molar-refractivity contribution in [2.24, 2.45) is 0 Å². The maximum Gasteiger partial charge on any atom is 0.306 e. The van der Waals surface area contributed by atoms with Gasteiger partial charge in [-0.2, -0.15) is 0 Å². The first-order valence-corrected chi connectivity index (χ1v) is 31.5. The molecule has 0 heterocycles. The fourth-order valence-corrected chi connectivity index (χ4v) is 9.35. The largest absolute Gasteiger partial charge is 0.462 e. The van der Waals surface area contributed by atoms with Gasteiger partial charge in [0.2, 0.25) is 0 Å². The highest BCUT2D eigenvalue weighted by Crippen LogP contribution is 2.17. The van der Waals surface area contributed by atoms with Gasteiger partial charge in [-0.3, -0.25) is 14.4 Å². The van der Waals surface area contributed by atoms with Crippen LogP contribution in [0.5, 0.6) is 0 Å². The van der Waals surface area contributed by atoms with Crippen LogP contribution in [0.1, 0.15) is 342 Å². The molecule has 0 rings (SSSR count). The number of esters is 3. The number of unbranched alkanes of at least 4 members (excludes halogenated alkanes) is 41. The molecule has 0 aliphatic rings. The fourth-order valence-electron chi connectivity index (χ4n) is 9.35. The summed E-state index contributed by atoms with van der Waals surface area (Å²) in [5.74, 6) is -0.859. The summed E-state index contributed by atoms with van der Waals surface area (Å²) in [6.07, 6.45) is 72.8. The van der Waals surface area contributed by atoms with Crippen LogP contribution in [0.25, 0.3) is 0 Å². The van der Waals surface area contributed by atoms with Gasteiger partial charge in [0.05, 0.1) is 0 Å². The van der Waals surface area contributed by atoms with Gasteiger partial charge in [0.25, 0.3) is 0 Å². The van der Waals surface area contributed by atoms with Gasteiger partial charge in [-0.1, -0.05) is 282 Å². The van der Waals surface area contributed by atoms with Gasteiger partial charge in [-0.25, -0.2) is 0 Å². The van der Waals surface area contributed by atoms with Gasteiger partial charge in [0.1, 0.15) is 13.2 Å². The quantitative estimate of drug-likeness (QED) is 0.0261. The lowest BCUT2D eigenvalue weighted by molar-refractivity contribution is -0.167. The van der Waals surface area contributed by atoms with Gasteiger partial charge in [-0.05, 0) is 77.0 Å². The van der Waals surface area contributed by atoms with Crippen LogP contribution in [0, 0.1) is 0 Å². The van der Waals surface area contributed by atoms with Crippen LogP contribution in [-0.4, -0.2) is 37.2 Å². The van der Waals surface area contributed by atoms with Gasteiger partial charge in [-0.15, -0.1) is 0 Å². The molecular formula is C65H120O6. The van der Waals surface area contributed by atoms with Gasteiger partial charge in [0, 0.05) is 19.3 Å². The van der Waals surface area contributed by atoms with Crippen molar-refractivity contribution in [1.82, 2.24) is 0 Å². The molecule has 0 aromatic rings. The normalized spacial score (nSPS) is 12.2. The lowest BCUT2D eigenvalue weighted by Crippen LogP contribution is -2.30. The van der Waals surface area contributed by atoms with Crippen molar-refractivity contribution in [3.63, 3.8) is 0 Å². The molecule has 71 heavy (non-hydrogen) atoms. The van der Waals surface area contributed by atoms with E-state index in [9.17, 15) is 14.4 Å². The Bertz CT molecular complexity index is 1190. The van der Waals surface area contributed by atoms with Gasteiger partial charge >= 0.3 is 17.9 Å². The number of hydrogen-bond acceptors (Lipinski definition) is 6. The van der Waals surface area contributed by atoms with E-state index in [1.807, 2.05) is 0 Å². The predicted molar refractivity (Wildman–Crippen MR) is 307 cm³/mol. The summed E-state index contributed by atoms with van der Waals surface area (Å²) >= 11 is 0. The zero-order valence-electron chi connectivity index (χ0n) is 47.8. The van der Waals surface area contributed by atoms with Crippen LogP contribution in [-0.2, 0) is 28.6 Å². The summed E-state index contributed by atoms with van der Waals surface area (Å²) in [6.45, 7) is 6.67. The number of rotatable bonds is 58. The minimum absolute atomic E-state index is 0.0717. The van der Waals surface area contributed by atoms with Crippen LogP contribution >= 0.6 is 0 Å². The number of carbonyl (C=O) groups excluding carboxylic acids is 3. The molecule has 416 valence electrons. The third-order valence-corrected chi connectivity index (χ3v) is 14.1. The van der Waals surface area contributed by atoms with E-state index in [1.54, 1.807) is 0 Å². The Morgan fingerprint density at radius 3 is 0.803 bits per heavy atom. The van der Waals surface area contributed by atoms with E-state index in [1.165, 1.54) is 231 Å². The molecule has 0 bridgehead atoms. The standard InChI is InChI=1S/C65H120O6/c1-4-7-10-13-16-19-22-25-28-31-33-35-37-40-43-46-49-52-55-58-64(67)70-61-62(60-69-63(66)57-54-51-48-45-42-39-36-30-27-24-21-18-15-12-9-6-3)71-65(68)59-56-53-50-47-44-41-38-34-32-29-26-23-20-17-14-11-8-5-2/h20,23,25,28-29,32,62H,4-19,21-22,24,26-27,30-31,33-61H2,1-3H3/b23-20-,28-25-,32-29-. The van der Waals surface area contributed by atoms with Crippen molar-refractivity contribution in [2.45, 2.75) is 348 Å². The molecule has 0 radical (unpaired) electrons. The van der Waals surface area contributed by atoms with E-state index < -0.39 is 6.10 Å². The minimum atomic E-state index is -0.775. The molecule has 1 unspecified atom stereocenters. The van der Waals surface area contributed by atoms with Gasteiger partial charge < -0.3 is 14.2 Å². The predicted octanol–water partition coefficient (Wildman–Crippen LogP) is 21.2. The summed E-state index contributed by atoms with van der Waals surface area (Å²) in [4.78, 5) is 38.3. The molecule has 0 spiro atoms. The molecule has 0 aromatic carbocycles. The Labute approximate surface area is 442 Å². The average Bonchev–Trinajstić information content (AvgIpc) is 3.37. The third-order valence-electron chi connectivity index (χ3n) is 14.1. The smallest absolute Gasteiger partial charge is 0.306 e. The molecule has 0 saturated carbocycles. The second-order valence-corrected chi connectivity index (χ2v) is 21.3. The van der Waals surface area contributed by atoms with Crippen molar-refractivity contribution < 1.29 is 28.6 Å². The number of carbonyl (C=O) groups is 3. The van der Waals surface area contributed by atoms with E-state index in [2.05, 4.69) is 57.2 Å². The van der Waals surface area contributed by atoms with Crippen LogP contribution in [0.3, 0.4) is 0 Å². The maximum absolute atomic E-state index is 12.9. The summed E-state index contributed by atoms with van der Waals surface area (Å²) < 4.78 is 16.9. The van der Waals surface area contributed by atoms with E-state index in [0.717, 1.165) is 70.6 Å². The van der Waals surface area contributed by atoms with Crippen molar-refractivity contribution in [3.8, 4) is 0 Å². The average molecular weight is 998 g/mol. The molecule has 0 N–H and O–H groups in total. The van der Waals surface area contributed by atoms with Crippen LogP contribution in [0.15, 0.2) is 36.5 Å². The van der Waals surface area contributed by atoms with E-state index in [4.69, 9.17) is 14.2 Å². The van der Waals surface area contributed by atoms with Crippen molar-refractivity contribution in [1.29, 1.82) is 0 Å². The van der Waals surface area contributed by atoms with E-state index in [0.29, 0.717) is 19.3 Å². The molecule has 0 fully saturated rings. The van der Waals surface area contributed by atoms with E-state index in [-0.39, 0.29) is 31.1 Å². The topological polar surface area (TPSA) is 78.9 Å². The van der Waals surface area contributed by atoms with Gasteiger partial charge in [0.15, 0.2) is 6.10 Å². The highest BCUT2D eigenvalue weighted by Gasteiger charge is 2.19. The van der Waals surface area contributed by atoms with Crippen molar-refractivity contribution in [3.05, 3.63) is 36.5 Å². The highest BCUT2D eigenvalue weighted by atomic mass is 16.6. The Kier molecular flexibility index (Phi) is 58.2. The second-order valence-electron chi connectivity index (χ2n) is 21.3. The Hall–Kier alpha value is -2.37. The Morgan fingerprint density at radius 2 is 0.507 bits per heavy atom. The first-order valence-electron chi connectivity index (χ1n) is 31.5. The second kappa shape index (κ2) is 60.2. The monoisotopic (exact) mass is 997 g/mol. The minimum Gasteiger partial charge on any atom is -0.462 e. The molecule has 0 amide bonds. The molecule has 6 nitrogen and oxygen atoms in total. The number of hydrogen-bond donors (Lipinski definition) is 0. The van der Waals surface area contributed by atoms with Crippen LogP contribution in [0.4, 0.5) is 0 Å². The Morgan fingerprint density at radius 1 is 0.282 bits per heavy atom. The molecule has 0 aromatic heterocycles. The SMILES string of the molecule is CCCCCC/C=C\C/C=C\CCCCCCCCCC(=O)OC(COC(=O)CCCCCCCCCCC/C=C\CCCCCCCC)COC(=O)CCCCCCCCCCCCCCCCCC. The summed E-state index contributed by atoms with van der Waals surface area (Å²) in [5.41, 5.74) is 0. The van der Waals surface area contributed by atoms with Crippen molar-refractivity contribution in [2.75, 3.05) is 13.2 Å². The molecule has 1 atom stereocenters. The highest BCUT2D eigenvalue weighted by molar-refractivity contribution is 5.71. The van der Waals surface area contributed by atoms with Crippen molar-refractivity contribution >= 4 is 17.9 Å². The number of allylic oxidation sites excluding steroid dienone is 6. The summed E-state index contributed by atoms with van der Waals surface area (Å²) in [7, 11) is 0. The zero-order valence-corrected chi connectivity index (χ0v) is 47.8. The lowest BCUT2D eigenvalue weighted by Gasteiger charge is -2.18. The molecule has 6 heteroatoms. The number of ether oxygens (including phenoxy) is 3. The Balaban J connectivity index is 4.35. The molecule has 0 aliphatic heterocycles. The van der Waals surface area contributed by atoms with Crippen LogP contribution < -0.4 is 0 Å². The molecular weight excluding hydrogens is 877 g/mol. The fraction of sp³-hybridized carbons (Fsp3) is 0.862. The zero-order chi connectivity index (χ0) is 51.4. The van der Waals surface area contributed by atoms with E-state index >= 15 is 0 Å². The van der Waals surface area contributed by atoms with Crippen LogP contribution in [0.2, 0.25) is 0 Å². The summed E-state index contributed by atoms with van der Waals surface area (Å²) in [5, 5.41) is 0. The molecule has 0 saturated heterocycles. The first kappa shape index (κ1) is 68.6. The molecule has 0 aliphatic carbocycles. The lowest BCUT2D eigenvalue weighted by atomic mass is 10.0. The first-order chi connectivity index (χ1) is 35.0. The maximum atomic E-state index is 12.9. The third kappa shape index (κ3) is 58.4. The summed E-state index contributed by atoms with van der Waals surface area (Å²) in [6, 6.07) is 0.